The van der Waals surface area contributed by atoms with E-state index in [1.807, 2.05) is 11.5 Å². The van der Waals surface area contributed by atoms with E-state index in [9.17, 15) is 10.2 Å². The zero-order valence-electron chi connectivity index (χ0n) is 19.2. The van der Waals surface area contributed by atoms with Crippen molar-refractivity contribution in [1.82, 2.24) is 44.4 Å². The first-order valence-electron chi connectivity index (χ1n) is 11.2. The van der Waals surface area contributed by atoms with Crippen LogP contribution in [0.2, 0.25) is 0 Å². The molecule has 2 unspecified atom stereocenters. The second kappa shape index (κ2) is 9.84. The average molecular weight is 496 g/mol. The molecule has 188 valence electrons. The largest absolute Gasteiger partial charge is 0.387 e. The number of aliphatic hydroxyl groups is 2. The summed E-state index contributed by atoms with van der Waals surface area (Å²) < 4.78 is 9.16. The van der Waals surface area contributed by atoms with Crippen molar-refractivity contribution in [3.63, 3.8) is 0 Å². The molecule has 0 radical (unpaired) electrons. The maximum atomic E-state index is 10.7. The second-order valence-electron chi connectivity index (χ2n) is 8.00. The molecule has 4 aromatic heterocycles. The fraction of sp³-hybridized carbons (Fsp3) is 0.474. The van der Waals surface area contributed by atoms with Crippen LogP contribution in [0.1, 0.15) is 13.2 Å². The second-order valence-corrected chi connectivity index (χ2v) is 8.00. The van der Waals surface area contributed by atoms with Gasteiger partial charge in [0, 0.05) is 31.1 Å². The van der Waals surface area contributed by atoms with Gasteiger partial charge < -0.3 is 35.9 Å². The number of anilines is 2. The number of hydrogen-bond donors (Lipinski definition) is 5. The molecule has 4 aromatic rings. The summed E-state index contributed by atoms with van der Waals surface area (Å²) in [5.41, 5.74) is 16.6. The van der Waals surface area contributed by atoms with E-state index in [4.69, 9.17) is 16.0 Å². The summed E-state index contributed by atoms with van der Waals surface area (Å²) in [6.07, 6.45) is 0.0148. The van der Waals surface area contributed by atoms with Crippen LogP contribution in [0.25, 0.3) is 32.8 Å². The molecule has 1 fully saturated rings. The third-order valence-electron chi connectivity index (χ3n) is 5.89. The van der Waals surface area contributed by atoms with Gasteiger partial charge in [-0.1, -0.05) is 0 Å². The maximum absolute atomic E-state index is 10.7. The predicted molar refractivity (Wildman–Crippen MR) is 127 cm³/mol. The molecule has 0 amide bonds. The molecular weight excluding hydrogens is 472 g/mol. The van der Waals surface area contributed by atoms with Gasteiger partial charge in [0.25, 0.3) is 0 Å². The Balaban J connectivity index is 1.23. The summed E-state index contributed by atoms with van der Waals surface area (Å²) in [5, 5.41) is 31.3. The minimum Gasteiger partial charge on any atom is -0.387 e. The first kappa shape index (κ1) is 23.6. The van der Waals surface area contributed by atoms with Crippen LogP contribution < -0.4 is 16.4 Å². The third kappa shape index (κ3) is 4.10. The van der Waals surface area contributed by atoms with Gasteiger partial charge in [0.2, 0.25) is 5.95 Å². The van der Waals surface area contributed by atoms with Crippen LogP contribution in [0.5, 0.6) is 0 Å². The van der Waals surface area contributed by atoms with E-state index in [1.165, 1.54) is 17.2 Å². The van der Waals surface area contributed by atoms with Crippen LogP contribution in [0.3, 0.4) is 0 Å². The molecule has 5 heterocycles. The Morgan fingerprint density at radius 3 is 2.72 bits per heavy atom. The fourth-order valence-corrected chi connectivity index (χ4v) is 4.13. The summed E-state index contributed by atoms with van der Waals surface area (Å²) in [7, 11) is 0. The highest BCUT2D eigenvalue weighted by molar-refractivity contribution is 5.84. The van der Waals surface area contributed by atoms with Gasteiger partial charge in [0.1, 0.15) is 36.5 Å². The molecule has 17 heteroatoms. The van der Waals surface area contributed by atoms with Crippen LogP contribution >= 0.6 is 0 Å². The highest BCUT2D eigenvalue weighted by Gasteiger charge is 2.45. The number of hydrogen-bond acceptors (Lipinski definition) is 13. The van der Waals surface area contributed by atoms with Gasteiger partial charge in [-0.25, -0.2) is 29.9 Å². The number of imidazole rings is 2. The van der Waals surface area contributed by atoms with Crippen LogP contribution in [-0.4, -0.2) is 87.2 Å². The lowest BCUT2D eigenvalue weighted by atomic mass is 10.1. The molecule has 36 heavy (non-hydrogen) atoms. The summed E-state index contributed by atoms with van der Waals surface area (Å²) in [6.45, 7) is 4.03. The first-order chi connectivity index (χ1) is 17.5. The van der Waals surface area contributed by atoms with Gasteiger partial charge in [-0.2, -0.15) is 0 Å². The van der Waals surface area contributed by atoms with Gasteiger partial charge in [-0.05, 0) is 17.6 Å². The Morgan fingerprint density at radius 1 is 1.11 bits per heavy atom. The number of ether oxygens (including phenoxy) is 1. The van der Waals surface area contributed by atoms with Gasteiger partial charge in [0.05, 0.1) is 6.33 Å². The van der Waals surface area contributed by atoms with E-state index in [1.54, 1.807) is 6.33 Å². The van der Waals surface area contributed by atoms with Gasteiger partial charge in [-0.3, -0.25) is 4.57 Å². The maximum Gasteiger partial charge on any atom is 0.201 e. The zero-order chi connectivity index (χ0) is 25.2. The van der Waals surface area contributed by atoms with Crippen molar-refractivity contribution >= 4 is 39.9 Å². The number of fused-ring (bicyclic) bond motifs is 2. The van der Waals surface area contributed by atoms with Crippen LogP contribution in [0.4, 0.5) is 17.6 Å². The Kier molecular flexibility index (Phi) is 6.45. The summed E-state index contributed by atoms with van der Waals surface area (Å²) in [6, 6.07) is 0. The molecule has 0 saturated carbocycles. The van der Waals surface area contributed by atoms with E-state index in [2.05, 4.69) is 50.6 Å². The lowest BCUT2D eigenvalue weighted by molar-refractivity contribution is -0.0330. The summed E-state index contributed by atoms with van der Waals surface area (Å²) in [5.74, 6) is 0.588. The number of nitrogens with zero attached hydrogens (tertiary/aromatic N) is 11. The molecule has 1 saturated heterocycles. The predicted octanol–water partition coefficient (Wildman–Crippen LogP) is -0.169. The minimum atomic E-state index is -1.33. The molecule has 1 aliphatic heterocycles. The molecule has 4 atom stereocenters. The lowest BCUT2D eigenvalue weighted by Crippen LogP contribution is -2.39. The molecule has 5 rings (SSSR count). The Morgan fingerprint density at radius 2 is 1.92 bits per heavy atom. The number of nitrogens with two attached hydrogens (primary N) is 1. The number of nitrogens with one attached hydrogen (secondary N) is 2. The topological polar surface area (TPSA) is 236 Å². The highest BCUT2D eigenvalue weighted by atomic mass is 16.6. The number of azide groups is 1. The smallest absolute Gasteiger partial charge is 0.201 e. The molecular formula is C19H24N14O3. The number of aromatic nitrogens is 8. The molecule has 6 N–H and O–H groups in total. The van der Waals surface area contributed by atoms with Crippen molar-refractivity contribution in [3.05, 3.63) is 29.4 Å². The van der Waals surface area contributed by atoms with E-state index in [-0.39, 0.29) is 29.5 Å². The Bertz CT molecular complexity index is 1430. The summed E-state index contributed by atoms with van der Waals surface area (Å²) in [4.78, 5) is 27.8. The number of nitrogen functional groups attached to an aromatic ring is 1. The number of aryl methyl sites for hydroxylation is 1. The minimum absolute atomic E-state index is 0.0781. The fourth-order valence-electron chi connectivity index (χ4n) is 4.13. The number of rotatable bonds is 9. The van der Waals surface area contributed by atoms with Crippen molar-refractivity contribution in [2.24, 2.45) is 5.11 Å². The Hall–Kier alpha value is -4.15. The van der Waals surface area contributed by atoms with E-state index in [0.717, 1.165) is 12.2 Å². The monoisotopic (exact) mass is 496 g/mol. The molecule has 0 aromatic carbocycles. The van der Waals surface area contributed by atoms with Gasteiger partial charge >= 0.3 is 0 Å². The zero-order valence-corrected chi connectivity index (χ0v) is 19.2. The van der Waals surface area contributed by atoms with E-state index >= 15 is 0 Å². The standard InChI is InChI=1S/C19H24N14O3/c1-2-32-8-28-11-15(25-7-26-16(11)32)23-4-3-22-5-9-12(34)13(35)18(36-9)33-17-10(14(20)24-6-27-17)29-19(33)30-31-21/h6-9,12-13,18,22,34-35H,2-5H2,1H3,(H2,20,24,27)(H,23,25,26)/t9-,12?,13?,18-/m1/s1. The molecule has 0 aliphatic carbocycles. The third-order valence-corrected chi connectivity index (χ3v) is 5.89. The van der Waals surface area contributed by atoms with Crippen LogP contribution in [0, 0.1) is 0 Å². The van der Waals surface area contributed by atoms with Crippen molar-refractivity contribution in [2.75, 3.05) is 30.7 Å². The van der Waals surface area contributed by atoms with Crippen molar-refractivity contribution in [3.8, 4) is 0 Å². The molecule has 0 spiro atoms. The number of aliphatic hydroxyl groups excluding tert-OH is 2. The van der Waals surface area contributed by atoms with Crippen molar-refractivity contribution in [1.29, 1.82) is 0 Å². The van der Waals surface area contributed by atoms with Crippen LogP contribution in [-0.2, 0) is 11.3 Å². The quantitative estimate of drug-likeness (QED) is 0.0878. The normalized spacial score (nSPS) is 21.8. The highest BCUT2D eigenvalue weighted by Crippen LogP contribution is 2.36. The van der Waals surface area contributed by atoms with Crippen LogP contribution in [0.15, 0.2) is 24.1 Å². The molecule has 1 aliphatic rings. The lowest BCUT2D eigenvalue weighted by Gasteiger charge is -2.18. The van der Waals surface area contributed by atoms with E-state index in [0.29, 0.717) is 24.4 Å². The Labute approximate surface area is 203 Å². The van der Waals surface area contributed by atoms with E-state index < -0.39 is 24.5 Å². The molecule has 0 bridgehead atoms. The van der Waals surface area contributed by atoms with Crippen molar-refractivity contribution in [2.45, 2.75) is 38.0 Å². The average Bonchev–Trinajstić information content (AvgIpc) is 3.55. The SMILES string of the molecule is CCn1cnc2c(NCCNC[C@H]3O[C@@H](n4c(N=[N+]=[N-])nc5c(N)ncnc54)C(O)C3O)ncnc21. The first-order valence-corrected chi connectivity index (χ1v) is 11.2. The summed E-state index contributed by atoms with van der Waals surface area (Å²) >= 11 is 0. The molecule has 17 nitrogen and oxygen atoms in total. The van der Waals surface area contributed by atoms with Gasteiger partial charge in [0.15, 0.2) is 34.7 Å². The van der Waals surface area contributed by atoms with Crippen molar-refractivity contribution < 1.29 is 14.9 Å². The van der Waals surface area contributed by atoms with Gasteiger partial charge in [-0.15, -0.1) is 0 Å².